The van der Waals surface area contributed by atoms with E-state index < -0.39 is 0 Å². The zero-order valence-corrected chi connectivity index (χ0v) is 9.99. The predicted molar refractivity (Wildman–Crippen MR) is 62.6 cm³/mol. The van der Waals surface area contributed by atoms with Crippen molar-refractivity contribution in [2.75, 3.05) is 7.05 Å². The van der Waals surface area contributed by atoms with Crippen molar-refractivity contribution in [1.29, 1.82) is 0 Å². The first-order valence-corrected chi connectivity index (χ1v) is 6.39. The Morgan fingerprint density at radius 1 is 1.00 bits per heavy atom. The Bertz CT molecular complexity index is 152. The van der Waals surface area contributed by atoms with E-state index in [9.17, 15) is 5.21 Å². The van der Waals surface area contributed by atoms with Gasteiger partial charge in [-0.3, -0.25) is 0 Å². The van der Waals surface area contributed by atoms with Crippen LogP contribution in [-0.4, -0.2) is 23.5 Å². The van der Waals surface area contributed by atoms with Gasteiger partial charge in [-0.05, 0) is 18.8 Å². The van der Waals surface area contributed by atoms with Crippen LogP contribution in [0.25, 0.3) is 0 Å². The van der Waals surface area contributed by atoms with Gasteiger partial charge in [-0.1, -0.05) is 44.9 Å². The molecule has 1 saturated carbocycles. The van der Waals surface area contributed by atoms with Gasteiger partial charge in [0.15, 0.2) is 0 Å². The van der Waals surface area contributed by atoms with E-state index in [0.717, 1.165) is 0 Å². The van der Waals surface area contributed by atoms with Crippen molar-refractivity contribution < 1.29 is 5.21 Å². The molecule has 3 N–H and O–H groups in total. The molecule has 1 aliphatic carbocycles. The maximum atomic E-state index is 9.37. The molecule has 15 heavy (non-hydrogen) atoms. The second-order valence-electron chi connectivity index (χ2n) is 4.88. The molecular formula is C12H26N2O. The monoisotopic (exact) mass is 214 g/mol. The van der Waals surface area contributed by atoms with Crippen LogP contribution >= 0.6 is 0 Å². The molecule has 0 saturated heterocycles. The van der Waals surface area contributed by atoms with Gasteiger partial charge in [0.25, 0.3) is 0 Å². The Morgan fingerprint density at radius 2 is 1.40 bits per heavy atom. The van der Waals surface area contributed by atoms with Gasteiger partial charge in [0.2, 0.25) is 0 Å². The van der Waals surface area contributed by atoms with Crippen LogP contribution in [0.3, 0.4) is 0 Å². The highest BCUT2D eigenvalue weighted by Gasteiger charge is 2.20. The Labute approximate surface area is 93.6 Å². The summed E-state index contributed by atoms with van der Waals surface area (Å²) < 4.78 is 0. The molecule has 90 valence electrons. The van der Waals surface area contributed by atoms with Gasteiger partial charge >= 0.3 is 0 Å². The molecule has 0 aromatic rings. The third-order valence-electron chi connectivity index (χ3n) is 3.56. The first-order valence-electron chi connectivity index (χ1n) is 6.39. The highest BCUT2D eigenvalue weighted by Crippen LogP contribution is 2.23. The lowest BCUT2D eigenvalue weighted by atomic mass is 9.90. The maximum Gasteiger partial charge on any atom is 0.0841 e. The first kappa shape index (κ1) is 12.9. The van der Waals surface area contributed by atoms with E-state index in [1.807, 2.05) is 0 Å². The molecule has 0 aliphatic heterocycles. The van der Waals surface area contributed by atoms with Crippen LogP contribution in [0.5, 0.6) is 0 Å². The lowest BCUT2D eigenvalue weighted by molar-refractivity contribution is -0.119. The quantitative estimate of drug-likeness (QED) is 0.549. The third kappa shape index (κ3) is 4.96. The summed E-state index contributed by atoms with van der Waals surface area (Å²) in [5.41, 5.74) is 5.98. The molecule has 0 spiro atoms. The van der Waals surface area contributed by atoms with Crippen LogP contribution in [0.2, 0.25) is 0 Å². The molecule has 1 aliphatic rings. The predicted octanol–water partition coefficient (Wildman–Crippen LogP) is 2.73. The molecular weight excluding hydrogens is 188 g/mol. The van der Waals surface area contributed by atoms with Gasteiger partial charge in [0, 0.05) is 7.05 Å². The van der Waals surface area contributed by atoms with E-state index in [1.54, 1.807) is 7.05 Å². The molecule has 1 atom stereocenters. The summed E-state index contributed by atoms with van der Waals surface area (Å²) in [6.45, 7) is 0. The van der Waals surface area contributed by atoms with Crippen LogP contribution in [0.1, 0.15) is 57.8 Å². The van der Waals surface area contributed by atoms with Crippen molar-refractivity contribution in [2.24, 2.45) is 11.7 Å². The molecule has 1 fully saturated rings. The zero-order valence-electron chi connectivity index (χ0n) is 9.99. The number of hydrogen-bond acceptors (Lipinski definition) is 3. The molecule has 1 unspecified atom stereocenters. The van der Waals surface area contributed by atoms with E-state index in [-0.39, 0.29) is 6.17 Å². The first-order chi connectivity index (χ1) is 7.22. The largest absolute Gasteiger partial charge is 0.314 e. The molecule has 0 radical (unpaired) electrons. The summed E-state index contributed by atoms with van der Waals surface area (Å²) in [7, 11) is 1.66. The second kappa shape index (κ2) is 7.20. The minimum absolute atomic E-state index is 0.176. The van der Waals surface area contributed by atoms with E-state index in [0.29, 0.717) is 5.92 Å². The minimum Gasteiger partial charge on any atom is -0.314 e. The van der Waals surface area contributed by atoms with Crippen molar-refractivity contribution in [3.05, 3.63) is 0 Å². The van der Waals surface area contributed by atoms with Crippen LogP contribution < -0.4 is 5.73 Å². The molecule has 1 rings (SSSR count). The average Bonchev–Trinajstić information content (AvgIpc) is 2.24. The van der Waals surface area contributed by atoms with Crippen molar-refractivity contribution in [3.8, 4) is 0 Å². The van der Waals surface area contributed by atoms with Crippen LogP contribution in [0.4, 0.5) is 0 Å². The normalized spacial score (nSPS) is 24.0. The van der Waals surface area contributed by atoms with Crippen LogP contribution in [-0.2, 0) is 0 Å². The van der Waals surface area contributed by atoms with Gasteiger partial charge in [-0.2, -0.15) is 5.06 Å². The zero-order chi connectivity index (χ0) is 11.1. The SMILES string of the molecule is CN(O)C(N)C1CCCCCCCCC1. The summed E-state index contributed by atoms with van der Waals surface area (Å²) >= 11 is 0. The Hall–Kier alpha value is -0.120. The summed E-state index contributed by atoms with van der Waals surface area (Å²) in [6.07, 6.45) is 11.5. The number of nitrogens with zero attached hydrogens (tertiary/aromatic N) is 1. The fourth-order valence-electron chi connectivity index (χ4n) is 2.49. The van der Waals surface area contributed by atoms with Gasteiger partial charge in [0.05, 0.1) is 6.17 Å². The molecule has 0 heterocycles. The highest BCUT2D eigenvalue weighted by atomic mass is 16.5. The van der Waals surface area contributed by atoms with E-state index in [2.05, 4.69) is 0 Å². The van der Waals surface area contributed by atoms with Crippen LogP contribution in [0.15, 0.2) is 0 Å². The second-order valence-corrected chi connectivity index (χ2v) is 4.88. The maximum absolute atomic E-state index is 9.37. The van der Waals surface area contributed by atoms with Crippen LogP contribution in [0, 0.1) is 5.92 Å². The van der Waals surface area contributed by atoms with E-state index in [4.69, 9.17) is 5.73 Å². The molecule has 3 nitrogen and oxygen atoms in total. The summed E-state index contributed by atoms with van der Waals surface area (Å²) in [4.78, 5) is 0. The fraction of sp³-hybridized carbons (Fsp3) is 1.00. The third-order valence-corrected chi connectivity index (χ3v) is 3.56. The lowest BCUT2D eigenvalue weighted by Gasteiger charge is -2.28. The number of rotatable bonds is 2. The minimum atomic E-state index is -0.176. The lowest BCUT2D eigenvalue weighted by Crippen LogP contribution is -2.43. The smallest absolute Gasteiger partial charge is 0.0841 e. The Kier molecular flexibility index (Phi) is 6.22. The Morgan fingerprint density at radius 3 is 1.80 bits per heavy atom. The molecule has 0 bridgehead atoms. The number of hydroxylamine groups is 2. The van der Waals surface area contributed by atoms with Gasteiger partial charge < -0.3 is 10.9 Å². The van der Waals surface area contributed by atoms with Crippen molar-refractivity contribution >= 4 is 0 Å². The van der Waals surface area contributed by atoms with Crippen molar-refractivity contribution in [1.82, 2.24) is 5.06 Å². The number of nitrogens with two attached hydrogens (primary N) is 1. The van der Waals surface area contributed by atoms with Gasteiger partial charge in [-0.25, -0.2) is 0 Å². The molecule has 0 aromatic carbocycles. The summed E-state index contributed by atoms with van der Waals surface area (Å²) in [5, 5.41) is 10.5. The van der Waals surface area contributed by atoms with E-state index >= 15 is 0 Å². The summed E-state index contributed by atoms with van der Waals surface area (Å²) in [5.74, 6) is 0.470. The molecule has 0 amide bonds. The standard InChI is InChI=1S/C12H26N2O/c1-14(15)12(13)11-9-7-5-3-2-4-6-8-10-11/h11-12,15H,2-10,13H2,1H3. The Balaban J connectivity index is 2.37. The van der Waals surface area contributed by atoms with Crippen molar-refractivity contribution in [3.63, 3.8) is 0 Å². The highest BCUT2D eigenvalue weighted by molar-refractivity contribution is 4.70. The van der Waals surface area contributed by atoms with Gasteiger partial charge in [-0.15, -0.1) is 0 Å². The van der Waals surface area contributed by atoms with E-state index in [1.165, 1.54) is 62.9 Å². The number of hydrogen-bond donors (Lipinski definition) is 2. The molecule has 3 heteroatoms. The average molecular weight is 214 g/mol. The topological polar surface area (TPSA) is 49.5 Å². The molecule has 0 aromatic heterocycles. The van der Waals surface area contributed by atoms with Gasteiger partial charge in [0.1, 0.15) is 0 Å². The fourth-order valence-corrected chi connectivity index (χ4v) is 2.49. The van der Waals surface area contributed by atoms with Crippen molar-refractivity contribution in [2.45, 2.75) is 64.0 Å². The summed E-state index contributed by atoms with van der Waals surface area (Å²) in [6, 6.07) is 0.